The van der Waals surface area contributed by atoms with Gasteiger partial charge in [0.2, 0.25) is 0 Å². The molecule has 1 heterocycles. The van der Waals surface area contributed by atoms with Crippen LogP contribution >= 0.6 is 27.5 Å². The summed E-state index contributed by atoms with van der Waals surface area (Å²) >= 11 is 9.46. The Balaban J connectivity index is 1.79. The van der Waals surface area contributed by atoms with Crippen molar-refractivity contribution < 1.29 is 14.6 Å². The molecule has 1 amide bonds. The maximum absolute atomic E-state index is 13.1. The highest BCUT2D eigenvalue weighted by molar-refractivity contribution is 9.10. The predicted octanol–water partition coefficient (Wildman–Crippen LogP) is 6.16. The molecule has 6 heteroatoms. The largest absolute Gasteiger partial charge is 0.503 e. The molecule has 30 heavy (non-hydrogen) atoms. The van der Waals surface area contributed by atoms with Gasteiger partial charge in [-0.15, -0.1) is 0 Å². The Labute approximate surface area is 188 Å². The third-order valence-corrected chi connectivity index (χ3v) is 5.94. The molecule has 0 saturated carbocycles. The van der Waals surface area contributed by atoms with E-state index in [1.807, 2.05) is 60.7 Å². The zero-order valence-corrected chi connectivity index (χ0v) is 18.5. The topological polar surface area (TPSA) is 49.8 Å². The first-order valence-corrected chi connectivity index (χ1v) is 10.5. The maximum Gasteiger partial charge on any atom is 0.290 e. The van der Waals surface area contributed by atoms with Crippen LogP contribution in [-0.2, 0) is 11.3 Å². The van der Waals surface area contributed by atoms with Gasteiger partial charge in [0.25, 0.3) is 5.91 Å². The van der Waals surface area contributed by atoms with Gasteiger partial charge in [-0.05, 0) is 53.1 Å². The Morgan fingerprint density at radius 1 is 1.00 bits per heavy atom. The standard InChI is InChI=1S/C24H19BrClNO3/c1-30-20-12-6-16(7-13-20)21-22(17-4-8-18(25)9-5-17)27(24(29)23(21)28)14-15-2-10-19(26)11-3-15/h2-13,22,28H,14H2,1H3. The molecule has 0 saturated heterocycles. The number of carbonyl (C=O) groups excluding carboxylic acids is 1. The number of carbonyl (C=O) groups is 1. The lowest BCUT2D eigenvalue weighted by Gasteiger charge is -2.27. The van der Waals surface area contributed by atoms with Crippen molar-refractivity contribution >= 4 is 39.0 Å². The van der Waals surface area contributed by atoms with Crippen LogP contribution in [0, 0.1) is 0 Å². The molecule has 0 aromatic heterocycles. The van der Waals surface area contributed by atoms with Crippen LogP contribution in [0.15, 0.2) is 83.0 Å². The van der Waals surface area contributed by atoms with Crippen molar-refractivity contribution in [3.05, 3.63) is 105 Å². The predicted molar refractivity (Wildman–Crippen MR) is 121 cm³/mol. The van der Waals surface area contributed by atoms with Crippen LogP contribution in [0.3, 0.4) is 0 Å². The third-order valence-electron chi connectivity index (χ3n) is 5.16. The lowest BCUT2D eigenvalue weighted by molar-refractivity contribution is -0.130. The molecule has 3 aromatic carbocycles. The Morgan fingerprint density at radius 3 is 2.23 bits per heavy atom. The molecule has 0 radical (unpaired) electrons. The number of ether oxygens (including phenoxy) is 1. The Kier molecular flexibility index (Phi) is 5.84. The number of aliphatic hydroxyl groups is 1. The molecule has 4 nitrogen and oxygen atoms in total. The van der Waals surface area contributed by atoms with E-state index in [4.69, 9.17) is 16.3 Å². The van der Waals surface area contributed by atoms with Crippen molar-refractivity contribution in [2.75, 3.05) is 7.11 Å². The fourth-order valence-corrected chi connectivity index (χ4v) is 4.05. The molecule has 0 bridgehead atoms. The summed E-state index contributed by atoms with van der Waals surface area (Å²) in [5.41, 5.74) is 3.20. The Bertz CT molecular complexity index is 1090. The second-order valence-electron chi connectivity index (χ2n) is 7.00. The van der Waals surface area contributed by atoms with Crippen LogP contribution in [-0.4, -0.2) is 23.0 Å². The SMILES string of the molecule is COc1ccc(C2=C(O)C(=O)N(Cc3ccc(Cl)cc3)C2c2ccc(Br)cc2)cc1. The first-order chi connectivity index (χ1) is 14.5. The van der Waals surface area contributed by atoms with Crippen LogP contribution in [0.25, 0.3) is 5.57 Å². The van der Waals surface area contributed by atoms with Crippen molar-refractivity contribution in [1.29, 1.82) is 0 Å². The Morgan fingerprint density at radius 2 is 1.63 bits per heavy atom. The van der Waals surface area contributed by atoms with E-state index in [1.54, 1.807) is 24.1 Å². The van der Waals surface area contributed by atoms with Gasteiger partial charge in [-0.3, -0.25) is 4.79 Å². The van der Waals surface area contributed by atoms with Crippen LogP contribution in [0.2, 0.25) is 5.02 Å². The van der Waals surface area contributed by atoms with E-state index in [0.717, 1.165) is 21.2 Å². The molecule has 152 valence electrons. The smallest absolute Gasteiger partial charge is 0.290 e. The van der Waals surface area contributed by atoms with E-state index in [9.17, 15) is 9.90 Å². The van der Waals surface area contributed by atoms with Crippen molar-refractivity contribution in [3.8, 4) is 5.75 Å². The van der Waals surface area contributed by atoms with Gasteiger partial charge >= 0.3 is 0 Å². The minimum Gasteiger partial charge on any atom is -0.503 e. The summed E-state index contributed by atoms with van der Waals surface area (Å²) in [4.78, 5) is 14.8. The molecule has 1 N–H and O–H groups in total. The summed E-state index contributed by atoms with van der Waals surface area (Å²) in [7, 11) is 1.60. The van der Waals surface area contributed by atoms with Crippen LogP contribution in [0.5, 0.6) is 5.75 Å². The second-order valence-corrected chi connectivity index (χ2v) is 8.36. The van der Waals surface area contributed by atoms with Crippen molar-refractivity contribution in [2.24, 2.45) is 0 Å². The van der Waals surface area contributed by atoms with Gasteiger partial charge in [-0.1, -0.05) is 63.9 Å². The van der Waals surface area contributed by atoms with Crippen molar-refractivity contribution in [2.45, 2.75) is 12.6 Å². The number of halogens is 2. The van der Waals surface area contributed by atoms with E-state index in [0.29, 0.717) is 22.9 Å². The fraction of sp³-hybridized carbons (Fsp3) is 0.125. The van der Waals surface area contributed by atoms with Gasteiger partial charge in [-0.25, -0.2) is 0 Å². The molecule has 0 aliphatic carbocycles. The summed E-state index contributed by atoms with van der Waals surface area (Å²) in [5, 5.41) is 11.5. The quantitative estimate of drug-likeness (QED) is 0.471. The van der Waals surface area contributed by atoms with E-state index in [1.165, 1.54) is 0 Å². The average molecular weight is 485 g/mol. The summed E-state index contributed by atoms with van der Waals surface area (Å²) < 4.78 is 6.19. The third kappa shape index (κ3) is 3.95. The summed E-state index contributed by atoms with van der Waals surface area (Å²) in [6.07, 6.45) is 0. The zero-order valence-electron chi connectivity index (χ0n) is 16.2. The van der Waals surface area contributed by atoms with Gasteiger partial charge < -0.3 is 14.7 Å². The molecule has 3 aromatic rings. The first-order valence-electron chi connectivity index (χ1n) is 9.36. The number of rotatable bonds is 5. The summed E-state index contributed by atoms with van der Waals surface area (Å²) in [5.74, 6) is 0.0760. The van der Waals surface area contributed by atoms with Gasteiger partial charge in [-0.2, -0.15) is 0 Å². The molecule has 1 atom stereocenters. The maximum atomic E-state index is 13.1. The average Bonchev–Trinajstić information content (AvgIpc) is 3.01. The molecular formula is C24H19BrClNO3. The number of hydrogen-bond acceptors (Lipinski definition) is 3. The van der Waals surface area contributed by atoms with Crippen LogP contribution < -0.4 is 4.74 Å². The number of methoxy groups -OCH3 is 1. The lowest BCUT2D eigenvalue weighted by Crippen LogP contribution is -2.29. The number of hydrogen-bond donors (Lipinski definition) is 1. The van der Waals surface area contributed by atoms with Gasteiger partial charge in [0.05, 0.1) is 13.2 Å². The minimum atomic E-state index is -0.422. The van der Waals surface area contributed by atoms with Gasteiger partial charge in [0, 0.05) is 21.6 Å². The number of amides is 1. The van der Waals surface area contributed by atoms with E-state index >= 15 is 0 Å². The number of benzene rings is 3. The molecule has 0 spiro atoms. The Hall–Kier alpha value is -2.76. The molecule has 4 rings (SSSR count). The fourth-order valence-electron chi connectivity index (χ4n) is 3.66. The highest BCUT2D eigenvalue weighted by Crippen LogP contribution is 2.44. The molecule has 0 fully saturated rings. The van der Waals surface area contributed by atoms with E-state index in [2.05, 4.69) is 15.9 Å². The monoisotopic (exact) mass is 483 g/mol. The minimum absolute atomic E-state index is 0.234. The van der Waals surface area contributed by atoms with Gasteiger partial charge in [0.15, 0.2) is 5.76 Å². The van der Waals surface area contributed by atoms with Crippen LogP contribution in [0.1, 0.15) is 22.7 Å². The molecular weight excluding hydrogens is 466 g/mol. The van der Waals surface area contributed by atoms with E-state index < -0.39 is 11.9 Å². The molecule has 1 aliphatic heterocycles. The summed E-state index contributed by atoms with van der Waals surface area (Å²) in [6, 6.07) is 22.1. The summed E-state index contributed by atoms with van der Waals surface area (Å²) in [6.45, 7) is 0.348. The zero-order chi connectivity index (χ0) is 21.3. The normalized spacial score (nSPS) is 16.3. The molecule has 1 unspecified atom stereocenters. The van der Waals surface area contributed by atoms with E-state index in [-0.39, 0.29) is 5.76 Å². The van der Waals surface area contributed by atoms with Crippen molar-refractivity contribution in [3.63, 3.8) is 0 Å². The second kappa shape index (κ2) is 8.54. The van der Waals surface area contributed by atoms with Gasteiger partial charge in [0.1, 0.15) is 5.75 Å². The number of aliphatic hydroxyl groups excluding tert-OH is 1. The highest BCUT2D eigenvalue weighted by atomic mass is 79.9. The highest BCUT2D eigenvalue weighted by Gasteiger charge is 2.41. The number of nitrogens with zero attached hydrogens (tertiary/aromatic N) is 1. The first kappa shape index (κ1) is 20.5. The van der Waals surface area contributed by atoms with Crippen LogP contribution in [0.4, 0.5) is 0 Å². The lowest BCUT2D eigenvalue weighted by atomic mass is 9.93. The molecule has 1 aliphatic rings. The van der Waals surface area contributed by atoms with Crippen molar-refractivity contribution in [1.82, 2.24) is 4.90 Å².